The summed E-state index contributed by atoms with van der Waals surface area (Å²) in [7, 11) is 0. The highest BCUT2D eigenvalue weighted by Crippen LogP contribution is 2.72. The fraction of sp³-hybridized carbons (Fsp3) is 0.579. The molecule has 22 heavy (non-hydrogen) atoms. The second-order valence-electron chi connectivity index (χ2n) is 6.79. The summed E-state index contributed by atoms with van der Waals surface area (Å²) in [5, 5.41) is 0. The Hall–Kier alpha value is -0.280. The molecule has 0 saturated heterocycles. The van der Waals surface area contributed by atoms with Gasteiger partial charge in [-0.1, -0.05) is 70.3 Å². The Balaban J connectivity index is 1.74. The van der Waals surface area contributed by atoms with E-state index in [4.69, 9.17) is 4.74 Å². The molecule has 1 fully saturated rings. The number of benzene rings is 1. The van der Waals surface area contributed by atoms with Crippen molar-refractivity contribution in [2.24, 2.45) is 11.3 Å². The van der Waals surface area contributed by atoms with Gasteiger partial charge in [0.2, 0.25) is 0 Å². The molecule has 1 unspecified atom stereocenters. The SMILES string of the molecule is CCc1ccc(OCC=C(C)CCC2C(C)(C)C2(Br)Br)cc1. The van der Waals surface area contributed by atoms with Gasteiger partial charge in [0.25, 0.3) is 0 Å². The molecule has 2 rings (SSSR count). The van der Waals surface area contributed by atoms with E-state index in [9.17, 15) is 0 Å². The van der Waals surface area contributed by atoms with Crippen LogP contribution in [-0.4, -0.2) is 9.84 Å². The molecular weight excluding hydrogens is 404 g/mol. The molecular formula is C19H26Br2O. The Morgan fingerprint density at radius 1 is 1.23 bits per heavy atom. The number of ether oxygens (including phenoxy) is 1. The number of rotatable bonds is 7. The minimum atomic E-state index is 0.130. The van der Waals surface area contributed by atoms with Crippen LogP contribution in [0, 0.1) is 11.3 Å². The smallest absolute Gasteiger partial charge is 0.119 e. The zero-order chi connectivity index (χ0) is 16.4. The van der Waals surface area contributed by atoms with Gasteiger partial charge >= 0.3 is 0 Å². The first-order chi connectivity index (χ1) is 10.3. The summed E-state index contributed by atoms with van der Waals surface area (Å²) < 4.78 is 5.92. The second kappa shape index (κ2) is 7.09. The average Bonchev–Trinajstić information content (AvgIpc) is 2.87. The Morgan fingerprint density at radius 3 is 2.32 bits per heavy atom. The zero-order valence-corrected chi connectivity index (χ0v) is 17.1. The van der Waals surface area contributed by atoms with Crippen LogP contribution in [0.2, 0.25) is 0 Å². The Labute approximate surface area is 151 Å². The first kappa shape index (κ1) is 18.1. The molecule has 0 aliphatic heterocycles. The predicted molar refractivity (Wildman–Crippen MR) is 102 cm³/mol. The maximum atomic E-state index is 5.79. The molecule has 0 spiro atoms. The van der Waals surface area contributed by atoms with Gasteiger partial charge in [-0.3, -0.25) is 0 Å². The van der Waals surface area contributed by atoms with Crippen LogP contribution in [0.1, 0.15) is 46.1 Å². The largest absolute Gasteiger partial charge is 0.490 e. The van der Waals surface area contributed by atoms with E-state index in [1.54, 1.807) is 0 Å². The molecule has 1 atom stereocenters. The summed E-state index contributed by atoms with van der Waals surface area (Å²) in [5.74, 6) is 1.63. The average molecular weight is 430 g/mol. The number of hydrogen-bond acceptors (Lipinski definition) is 1. The van der Waals surface area contributed by atoms with Crippen LogP contribution in [0.25, 0.3) is 0 Å². The molecule has 1 aliphatic rings. The summed E-state index contributed by atoms with van der Waals surface area (Å²) in [4.78, 5) is 0. The van der Waals surface area contributed by atoms with E-state index in [-0.39, 0.29) is 3.23 Å². The summed E-state index contributed by atoms with van der Waals surface area (Å²) in [6.45, 7) is 9.63. The van der Waals surface area contributed by atoms with Crippen molar-refractivity contribution in [1.29, 1.82) is 0 Å². The van der Waals surface area contributed by atoms with E-state index in [2.05, 4.69) is 89.9 Å². The summed E-state index contributed by atoms with van der Waals surface area (Å²) in [6.07, 6.45) is 5.61. The molecule has 1 aromatic rings. The minimum absolute atomic E-state index is 0.130. The lowest BCUT2D eigenvalue weighted by Crippen LogP contribution is -1.96. The third-order valence-corrected chi connectivity index (χ3v) is 8.07. The Kier molecular flexibility index (Phi) is 5.82. The van der Waals surface area contributed by atoms with Crippen LogP contribution in [-0.2, 0) is 6.42 Å². The highest BCUT2D eigenvalue weighted by molar-refractivity contribution is 9.25. The van der Waals surface area contributed by atoms with Gasteiger partial charge in [0.05, 0.1) is 3.23 Å². The third kappa shape index (κ3) is 3.97. The first-order valence-electron chi connectivity index (χ1n) is 8.04. The van der Waals surface area contributed by atoms with Crippen LogP contribution < -0.4 is 4.74 Å². The quantitative estimate of drug-likeness (QED) is 0.355. The molecule has 0 aromatic heterocycles. The van der Waals surface area contributed by atoms with E-state index in [0.717, 1.165) is 18.6 Å². The van der Waals surface area contributed by atoms with E-state index in [1.807, 2.05) is 0 Å². The van der Waals surface area contributed by atoms with Crippen molar-refractivity contribution >= 4 is 31.9 Å². The highest BCUT2D eigenvalue weighted by Gasteiger charge is 2.67. The van der Waals surface area contributed by atoms with E-state index in [0.29, 0.717) is 17.9 Å². The van der Waals surface area contributed by atoms with Crippen molar-refractivity contribution in [2.45, 2.75) is 50.2 Å². The van der Waals surface area contributed by atoms with Crippen molar-refractivity contribution in [3.05, 3.63) is 41.5 Å². The van der Waals surface area contributed by atoms with Crippen LogP contribution in [0.15, 0.2) is 35.9 Å². The van der Waals surface area contributed by atoms with Crippen LogP contribution in [0.5, 0.6) is 5.75 Å². The van der Waals surface area contributed by atoms with Gasteiger partial charge in [0.1, 0.15) is 12.4 Å². The van der Waals surface area contributed by atoms with Gasteiger partial charge in [0, 0.05) is 0 Å². The molecule has 0 N–H and O–H groups in total. The first-order valence-corrected chi connectivity index (χ1v) is 9.62. The number of allylic oxidation sites excluding steroid dienone is 1. The van der Waals surface area contributed by atoms with Gasteiger partial charge < -0.3 is 4.74 Å². The lowest BCUT2D eigenvalue weighted by molar-refractivity contribution is 0.361. The number of alkyl halides is 2. The second-order valence-corrected chi connectivity index (χ2v) is 10.4. The van der Waals surface area contributed by atoms with Gasteiger partial charge in [-0.15, -0.1) is 0 Å². The molecule has 122 valence electrons. The molecule has 1 nitrogen and oxygen atoms in total. The molecule has 1 aliphatic carbocycles. The standard InChI is InChI=1S/C19H26Br2O/c1-5-15-7-9-16(10-8-15)22-13-12-14(2)6-11-17-18(3,4)19(17,20)21/h7-10,12,17H,5-6,11,13H2,1-4H3. The van der Waals surface area contributed by atoms with Crippen molar-refractivity contribution in [2.75, 3.05) is 6.61 Å². The van der Waals surface area contributed by atoms with E-state index < -0.39 is 0 Å². The topological polar surface area (TPSA) is 9.23 Å². The van der Waals surface area contributed by atoms with Gasteiger partial charge in [-0.2, -0.15) is 0 Å². The molecule has 0 heterocycles. The molecule has 3 heteroatoms. The predicted octanol–water partition coefficient (Wildman–Crippen LogP) is 6.50. The van der Waals surface area contributed by atoms with Crippen molar-refractivity contribution in [3.8, 4) is 5.75 Å². The van der Waals surface area contributed by atoms with Crippen molar-refractivity contribution in [3.63, 3.8) is 0 Å². The van der Waals surface area contributed by atoms with Gasteiger partial charge in [-0.25, -0.2) is 0 Å². The maximum absolute atomic E-state index is 5.79. The number of hydrogen-bond donors (Lipinski definition) is 0. The maximum Gasteiger partial charge on any atom is 0.119 e. The van der Waals surface area contributed by atoms with E-state index >= 15 is 0 Å². The van der Waals surface area contributed by atoms with Crippen LogP contribution in [0.4, 0.5) is 0 Å². The van der Waals surface area contributed by atoms with Crippen molar-refractivity contribution in [1.82, 2.24) is 0 Å². The fourth-order valence-electron chi connectivity index (χ4n) is 2.88. The number of aryl methyl sites for hydroxylation is 1. The highest BCUT2D eigenvalue weighted by atomic mass is 79.9. The minimum Gasteiger partial charge on any atom is -0.490 e. The Bertz CT molecular complexity index is 515. The molecule has 0 radical (unpaired) electrons. The van der Waals surface area contributed by atoms with Crippen LogP contribution >= 0.6 is 31.9 Å². The van der Waals surface area contributed by atoms with Gasteiger partial charge in [0.15, 0.2) is 0 Å². The number of halogens is 2. The molecule has 0 bridgehead atoms. The summed E-state index contributed by atoms with van der Waals surface area (Å²) >= 11 is 7.58. The van der Waals surface area contributed by atoms with Gasteiger partial charge in [-0.05, 0) is 61.3 Å². The molecule has 1 aromatic carbocycles. The normalized spacial score (nSPS) is 22.5. The molecule has 1 saturated carbocycles. The third-order valence-electron chi connectivity index (χ3n) is 4.93. The monoisotopic (exact) mass is 428 g/mol. The van der Waals surface area contributed by atoms with E-state index in [1.165, 1.54) is 17.6 Å². The zero-order valence-electron chi connectivity index (χ0n) is 14.0. The Morgan fingerprint density at radius 2 is 1.82 bits per heavy atom. The summed E-state index contributed by atoms with van der Waals surface area (Å²) in [6, 6.07) is 8.37. The fourth-order valence-corrected chi connectivity index (χ4v) is 4.80. The summed E-state index contributed by atoms with van der Waals surface area (Å²) in [5.41, 5.74) is 3.09. The van der Waals surface area contributed by atoms with Crippen molar-refractivity contribution < 1.29 is 4.74 Å². The van der Waals surface area contributed by atoms with Crippen LogP contribution in [0.3, 0.4) is 0 Å². The lowest BCUT2D eigenvalue weighted by Gasteiger charge is -2.06. The molecule has 0 amide bonds. The lowest BCUT2D eigenvalue weighted by atomic mass is 10.0.